The predicted molar refractivity (Wildman–Crippen MR) is 116 cm³/mol. The molecule has 1 N–H and O–H groups in total. The zero-order valence-corrected chi connectivity index (χ0v) is 19.2. The van der Waals surface area contributed by atoms with Gasteiger partial charge in [0.05, 0.1) is 12.5 Å². The molecule has 4 aliphatic rings. The summed E-state index contributed by atoms with van der Waals surface area (Å²) in [4.78, 5) is 44.3. The quantitative estimate of drug-likeness (QED) is 0.377. The van der Waals surface area contributed by atoms with Gasteiger partial charge in [0.25, 0.3) is 0 Å². The van der Waals surface area contributed by atoms with Crippen LogP contribution in [-0.4, -0.2) is 82.3 Å². The van der Waals surface area contributed by atoms with Crippen LogP contribution in [0.15, 0.2) is 24.3 Å². The smallest absolute Gasteiger partial charge is 0.313 e. The van der Waals surface area contributed by atoms with Gasteiger partial charge in [-0.1, -0.05) is 31.2 Å². The van der Waals surface area contributed by atoms with Gasteiger partial charge in [0.1, 0.15) is 23.2 Å². The number of rotatable bonds is 6. The SMILES string of the molecule is CC[C@@]12C=CCCOC(=O)[C@@H]1[C@H]1C(=O)N(CCCCO)C3C(=O)N(C(C)C)CC=C[C@@]31O2. The van der Waals surface area contributed by atoms with Crippen molar-refractivity contribution in [2.45, 2.75) is 69.7 Å². The van der Waals surface area contributed by atoms with Crippen molar-refractivity contribution in [3.05, 3.63) is 24.3 Å². The van der Waals surface area contributed by atoms with E-state index in [2.05, 4.69) is 0 Å². The number of cyclic esters (lactones) is 1. The summed E-state index contributed by atoms with van der Waals surface area (Å²) in [5.74, 6) is -2.49. The number of aliphatic hydroxyl groups is 1. The minimum Gasteiger partial charge on any atom is -0.465 e. The number of fused-ring (bicyclic) bond motifs is 2. The van der Waals surface area contributed by atoms with Crippen molar-refractivity contribution >= 4 is 17.8 Å². The van der Waals surface area contributed by atoms with Crippen LogP contribution in [0.2, 0.25) is 0 Å². The van der Waals surface area contributed by atoms with E-state index in [1.165, 1.54) is 0 Å². The van der Waals surface area contributed by atoms with Crippen LogP contribution in [-0.2, 0) is 23.9 Å². The van der Waals surface area contributed by atoms with Crippen LogP contribution in [0, 0.1) is 11.8 Å². The lowest BCUT2D eigenvalue weighted by molar-refractivity contribution is -0.162. The van der Waals surface area contributed by atoms with Crippen LogP contribution < -0.4 is 0 Å². The summed E-state index contributed by atoms with van der Waals surface area (Å²) in [6.45, 7) is 6.87. The molecule has 176 valence electrons. The second kappa shape index (κ2) is 8.63. The van der Waals surface area contributed by atoms with Crippen molar-refractivity contribution < 1.29 is 29.0 Å². The monoisotopic (exact) mass is 446 g/mol. The second-order valence-corrected chi connectivity index (χ2v) is 9.43. The first kappa shape index (κ1) is 23.0. The molecule has 4 aliphatic heterocycles. The fraction of sp³-hybridized carbons (Fsp3) is 0.708. The number of nitrogens with zero attached hydrogens (tertiary/aromatic N) is 2. The van der Waals surface area contributed by atoms with E-state index in [9.17, 15) is 19.5 Å². The molecule has 0 radical (unpaired) electrons. The number of amides is 2. The Labute approximate surface area is 189 Å². The number of hydrogen-bond acceptors (Lipinski definition) is 6. The van der Waals surface area contributed by atoms with Gasteiger partial charge in [-0.15, -0.1) is 0 Å². The van der Waals surface area contributed by atoms with E-state index in [1.54, 1.807) is 9.80 Å². The summed E-state index contributed by atoms with van der Waals surface area (Å²) in [7, 11) is 0. The highest BCUT2D eigenvalue weighted by Crippen LogP contribution is 2.58. The molecule has 1 spiro atoms. The van der Waals surface area contributed by atoms with Crippen molar-refractivity contribution in [2.75, 3.05) is 26.3 Å². The Morgan fingerprint density at radius 2 is 1.91 bits per heavy atom. The largest absolute Gasteiger partial charge is 0.465 e. The molecule has 8 heteroatoms. The van der Waals surface area contributed by atoms with Crippen molar-refractivity contribution in [1.29, 1.82) is 0 Å². The Hall–Kier alpha value is -2.19. The number of carbonyl (C=O) groups excluding carboxylic acids is 3. The third-order valence-electron chi connectivity index (χ3n) is 7.36. The van der Waals surface area contributed by atoms with Crippen molar-refractivity contribution in [2.24, 2.45) is 11.8 Å². The lowest BCUT2D eigenvalue weighted by Gasteiger charge is -2.39. The maximum atomic E-state index is 13.9. The number of carbonyl (C=O) groups is 3. The van der Waals surface area contributed by atoms with Gasteiger partial charge in [-0.3, -0.25) is 14.4 Å². The zero-order chi connectivity index (χ0) is 23.1. The van der Waals surface area contributed by atoms with Gasteiger partial charge in [0.15, 0.2) is 0 Å². The Morgan fingerprint density at radius 1 is 1.12 bits per heavy atom. The summed E-state index contributed by atoms with van der Waals surface area (Å²) in [5, 5.41) is 9.24. The Morgan fingerprint density at radius 3 is 2.59 bits per heavy atom. The molecule has 2 saturated heterocycles. The molecule has 0 aliphatic carbocycles. The van der Waals surface area contributed by atoms with E-state index >= 15 is 0 Å². The normalized spacial score (nSPS) is 36.5. The van der Waals surface area contributed by atoms with E-state index in [0.717, 1.165) is 0 Å². The molecule has 2 amide bonds. The van der Waals surface area contributed by atoms with Crippen molar-refractivity contribution in [1.82, 2.24) is 9.80 Å². The molecule has 0 bridgehead atoms. The molecule has 0 saturated carbocycles. The van der Waals surface area contributed by atoms with Gasteiger partial charge < -0.3 is 24.4 Å². The molecule has 32 heavy (non-hydrogen) atoms. The molecular formula is C24H34N2O6. The van der Waals surface area contributed by atoms with Gasteiger partial charge in [-0.2, -0.15) is 0 Å². The average molecular weight is 447 g/mol. The Bertz CT molecular complexity index is 838. The maximum Gasteiger partial charge on any atom is 0.313 e. The number of unbranched alkanes of at least 4 members (excludes halogenated alkanes) is 1. The zero-order valence-electron chi connectivity index (χ0n) is 19.2. The highest BCUT2D eigenvalue weighted by atomic mass is 16.6. The standard InChI is InChI=1S/C24H34N2O6/c1-4-23-10-5-8-15-31-22(30)18(23)17-20(28)26(12-6-7-14-27)19-21(29)25(16(2)3)13-9-11-24(17,19)32-23/h5,9-11,16-19,27H,4,6-8,12-15H2,1-3H3/t17-,18-,19?,23+,24-/m0/s1. The van der Waals surface area contributed by atoms with E-state index in [4.69, 9.17) is 9.47 Å². The van der Waals surface area contributed by atoms with Crippen LogP contribution >= 0.6 is 0 Å². The second-order valence-electron chi connectivity index (χ2n) is 9.43. The van der Waals surface area contributed by atoms with Crippen LogP contribution in [0.4, 0.5) is 0 Å². The minimum absolute atomic E-state index is 0.0163. The molecule has 5 atom stereocenters. The summed E-state index contributed by atoms with van der Waals surface area (Å²) >= 11 is 0. The van der Waals surface area contributed by atoms with Crippen LogP contribution in [0.3, 0.4) is 0 Å². The van der Waals surface area contributed by atoms with Crippen molar-refractivity contribution in [3.8, 4) is 0 Å². The molecule has 0 aromatic heterocycles. The number of aliphatic hydroxyl groups excluding tert-OH is 1. The number of ether oxygens (including phenoxy) is 2. The highest BCUT2D eigenvalue weighted by Gasteiger charge is 2.75. The minimum atomic E-state index is -1.23. The Kier molecular flexibility index (Phi) is 6.20. The summed E-state index contributed by atoms with van der Waals surface area (Å²) < 4.78 is 12.3. The molecule has 2 fully saturated rings. The summed E-state index contributed by atoms with van der Waals surface area (Å²) in [5.41, 5.74) is -2.23. The van der Waals surface area contributed by atoms with E-state index < -0.39 is 35.0 Å². The van der Waals surface area contributed by atoms with E-state index in [-0.39, 0.29) is 31.1 Å². The van der Waals surface area contributed by atoms with E-state index in [1.807, 2.05) is 45.1 Å². The van der Waals surface area contributed by atoms with Crippen LogP contribution in [0.1, 0.15) is 46.5 Å². The lowest BCUT2D eigenvalue weighted by atomic mass is 9.73. The fourth-order valence-corrected chi connectivity index (χ4v) is 5.84. The molecule has 8 nitrogen and oxygen atoms in total. The third-order valence-corrected chi connectivity index (χ3v) is 7.36. The fourth-order valence-electron chi connectivity index (χ4n) is 5.84. The molecule has 1 unspecified atom stereocenters. The number of esters is 1. The first-order chi connectivity index (χ1) is 15.3. The molecule has 0 aromatic carbocycles. The molecule has 0 aromatic rings. The average Bonchev–Trinajstić information content (AvgIpc) is 3.09. The third kappa shape index (κ3) is 3.30. The highest BCUT2D eigenvalue weighted by molar-refractivity contribution is 5.99. The number of likely N-dealkylation sites (tertiary alicyclic amines) is 1. The molecule has 4 heterocycles. The maximum absolute atomic E-state index is 13.9. The van der Waals surface area contributed by atoms with Crippen LogP contribution in [0.25, 0.3) is 0 Å². The first-order valence-corrected chi connectivity index (χ1v) is 11.8. The van der Waals surface area contributed by atoms with Gasteiger partial charge in [-0.05, 0) is 39.5 Å². The van der Waals surface area contributed by atoms with E-state index in [0.29, 0.717) is 38.8 Å². The van der Waals surface area contributed by atoms with Crippen molar-refractivity contribution in [3.63, 3.8) is 0 Å². The summed E-state index contributed by atoms with van der Waals surface area (Å²) in [6.07, 6.45) is 9.78. The lowest BCUT2D eigenvalue weighted by Crippen LogP contribution is -2.57. The molecule has 4 rings (SSSR count). The Balaban J connectivity index is 1.86. The topological polar surface area (TPSA) is 96.4 Å². The number of hydrogen-bond donors (Lipinski definition) is 1. The first-order valence-electron chi connectivity index (χ1n) is 11.8. The van der Waals surface area contributed by atoms with Gasteiger partial charge >= 0.3 is 5.97 Å². The summed E-state index contributed by atoms with van der Waals surface area (Å²) in [6, 6.07) is -0.895. The van der Waals surface area contributed by atoms with Crippen LogP contribution in [0.5, 0.6) is 0 Å². The molecular weight excluding hydrogens is 412 g/mol. The van der Waals surface area contributed by atoms with Gasteiger partial charge in [0.2, 0.25) is 11.8 Å². The predicted octanol–water partition coefficient (Wildman–Crippen LogP) is 1.43. The van der Waals surface area contributed by atoms with Gasteiger partial charge in [0, 0.05) is 25.7 Å². The van der Waals surface area contributed by atoms with Gasteiger partial charge in [-0.25, -0.2) is 0 Å².